The van der Waals surface area contributed by atoms with Gasteiger partial charge in [-0.3, -0.25) is 9.78 Å². The molecule has 146 valence electrons. The van der Waals surface area contributed by atoms with Gasteiger partial charge in [-0.25, -0.2) is 14.3 Å². The van der Waals surface area contributed by atoms with Crippen molar-refractivity contribution in [1.82, 2.24) is 29.5 Å². The van der Waals surface area contributed by atoms with Gasteiger partial charge in [-0.2, -0.15) is 5.10 Å². The van der Waals surface area contributed by atoms with Gasteiger partial charge in [0, 0.05) is 23.5 Å². The average molecular weight is 408 g/mol. The summed E-state index contributed by atoms with van der Waals surface area (Å²) in [7, 11) is 0. The third-order valence-electron chi connectivity index (χ3n) is 4.51. The summed E-state index contributed by atoms with van der Waals surface area (Å²) in [5, 5.41) is 12.1. The van der Waals surface area contributed by atoms with Crippen molar-refractivity contribution in [2.75, 3.05) is 5.32 Å². The molecule has 1 atom stereocenters. The maximum atomic E-state index is 12.8. The number of benzene rings is 1. The van der Waals surface area contributed by atoms with Crippen LogP contribution in [0.3, 0.4) is 0 Å². The molecule has 0 radical (unpaired) electrons. The molecule has 0 aliphatic heterocycles. The maximum absolute atomic E-state index is 12.8. The molecule has 0 spiro atoms. The number of carbonyl (C=O) groups is 1. The van der Waals surface area contributed by atoms with Gasteiger partial charge in [0.25, 0.3) is 5.91 Å². The third kappa shape index (κ3) is 3.88. The molecular formula is C20H18ClN7O. The van der Waals surface area contributed by atoms with E-state index in [1.807, 2.05) is 31.2 Å². The number of rotatable bonds is 5. The van der Waals surface area contributed by atoms with E-state index in [0.29, 0.717) is 16.7 Å². The van der Waals surface area contributed by atoms with Crippen LogP contribution in [0, 0.1) is 6.92 Å². The van der Waals surface area contributed by atoms with Gasteiger partial charge in [0.05, 0.1) is 17.9 Å². The second-order valence-electron chi connectivity index (χ2n) is 6.44. The van der Waals surface area contributed by atoms with E-state index in [0.717, 1.165) is 11.3 Å². The van der Waals surface area contributed by atoms with Crippen LogP contribution in [0.25, 0.3) is 5.69 Å². The smallest absolute Gasteiger partial charge is 0.296 e. The number of aromatic nitrogens is 6. The fraction of sp³-hybridized carbons (Fsp3) is 0.150. The number of anilines is 1. The Morgan fingerprint density at radius 3 is 2.52 bits per heavy atom. The minimum Gasteiger partial charge on any atom is -0.304 e. The summed E-state index contributed by atoms with van der Waals surface area (Å²) in [5.41, 5.74) is 1.80. The van der Waals surface area contributed by atoms with Crippen molar-refractivity contribution in [3.63, 3.8) is 0 Å². The van der Waals surface area contributed by atoms with E-state index < -0.39 is 5.91 Å². The molecule has 0 saturated carbocycles. The lowest BCUT2D eigenvalue weighted by molar-refractivity contribution is 0.101. The lowest BCUT2D eigenvalue weighted by Crippen LogP contribution is -2.19. The van der Waals surface area contributed by atoms with Crippen molar-refractivity contribution in [3.05, 3.63) is 83.3 Å². The van der Waals surface area contributed by atoms with Gasteiger partial charge in [-0.1, -0.05) is 11.6 Å². The summed E-state index contributed by atoms with van der Waals surface area (Å²) in [6.07, 6.45) is 5.09. The molecule has 4 rings (SSSR count). The van der Waals surface area contributed by atoms with E-state index in [1.165, 1.54) is 0 Å². The predicted octanol–water partition coefficient (Wildman–Crippen LogP) is 3.68. The second-order valence-corrected chi connectivity index (χ2v) is 6.88. The number of halogens is 1. The van der Waals surface area contributed by atoms with Crippen LogP contribution in [-0.4, -0.2) is 35.4 Å². The van der Waals surface area contributed by atoms with Crippen molar-refractivity contribution in [2.45, 2.75) is 19.9 Å². The number of carbonyl (C=O) groups excluding carboxylic acids is 1. The summed E-state index contributed by atoms with van der Waals surface area (Å²) < 4.78 is 3.33. The zero-order valence-corrected chi connectivity index (χ0v) is 16.6. The van der Waals surface area contributed by atoms with Crippen LogP contribution in [0.5, 0.6) is 0 Å². The highest BCUT2D eigenvalue weighted by atomic mass is 35.5. The highest BCUT2D eigenvalue weighted by Crippen LogP contribution is 2.21. The fourth-order valence-corrected chi connectivity index (χ4v) is 3.12. The Morgan fingerprint density at radius 1 is 1.07 bits per heavy atom. The van der Waals surface area contributed by atoms with Crippen LogP contribution in [0.2, 0.25) is 5.02 Å². The zero-order valence-electron chi connectivity index (χ0n) is 15.8. The Bertz CT molecular complexity index is 1140. The van der Waals surface area contributed by atoms with Crippen molar-refractivity contribution < 1.29 is 4.79 Å². The van der Waals surface area contributed by atoms with Crippen molar-refractivity contribution >= 4 is 23.3 Å². The summed E-state index contributed by atoms with van der Waals surface area (Å²) in [6, 6.07) is 12.6. The number of amides is 1. The first kappa shape index (κ1) is 18.8. The molecule has 0 aliphatic carbocycles. The zero-order chi connectivity index (χ0) is 20.4. The Hall–Kier alpha value is -3.52. The molecule has 0 saturated heterocycles. The van der Waals surface area contributed by atoms with Gasteiger partial charge in [0.15, 0.2) is 0 Å². The molecule has 1 unspecified atom stereocenters. The molecule has 1 amide bonds. The van der Waals surface area contributed by atoms with Crippen molar-refractivity contribution in [1.29, 1.82) is 0 Å². The minimum atomic E-state index is -0.413. The van der Waals surface area contributed by atoms with E-state index in [4.69, 9.17) is 11.6 Å². The highest BCUT2D eigenvalue weighted by Gasteiger charge is 2.19. The molecule has 0 bridgehead atoms. The Labute approximate surface area is 172 Å². The van der Waals surface area contributed by atoms with E-state index >= 15 is 0 Å². The van der Waals surface area contributed by atoms with Gasteiger partial charge in [-0.15, -0.1) is 5.10 Å². The fourth-order valence-electron chi connectivity index (χ4n) is 2.99. The van der Waals surface area contributed by atoms with Gasteiger partial charge in [0.1, 0.15) is 11.6 Å². The summed E-state index contributed by atoms with van der Waals surface area (Å²) in [6.45, 7) is 3.78. The van der Waals surface area contributed by atoms with Crippen LogP contribution < -0.4 is 5.32 Å². The molecule has 4 aromatic rings. The van der Waals surface area contributed by atoms with E-state index in [2.05, 4.69) is 25.5 Å². The molecule has 3 heterocycles. The Balaban J connectivity index is 1.56. The average Bonchev–Trinajstić information content (AvgIpc) is 3.35. The summed E-state index contributed by atoms with van der Waals surface area (Å²) in [5.74, 6) is 0.808. The van der Waals surface area contributed by atoms with E-state index in [1.54, 1.807) is 53.1 Å². The molecule has 1 aromatic carbocycles. The largest absolute Gasteiger partial charge is 0.304 e. The number of nitrogens with one attached hydrogen (secondary N) is 1. The van der Waals surface area contributed by atoms with Gasteiger partial charge < -0.3 is 5.32 Å². The number of aryl methyl sites for hydroxylation is 1. The normalized spacial score (nSPS) is 12.0. The summed E-state index contributed by atoms with van der Waals surface area (Å²) in [4.78, 5) is 21.1. The summed E-state index contributed by atoms with van der Waals surface area (Å²) >= 11 is 5.94. The monoisotopic (exact) mass is 407 g/mol. The van der Waals surface area contributed by atoms with Crippen LogP contribution in [0.1, 0.15) is 35.0 Å². The lowest BCUT2D eigenvalue weighted by atomic mass is 10.1. The third-order valence-corrected chi connectivity index (χ3v) is 4.76. The lowest BCUT2D eigenvalue weighted by Gasteiger charge is -2.15. The van der Waals surface area contributed by atoms with Gasteiger partial charge in [-0.05, 0) is 55.8 Å². The molecule has 8 nitrogen and oxygen atoms in total. The minimum absolute atomic E-state index is 0.0711. The van der Waals surface area contributed by atoms with E-state index in [9.17, 15) is 4.79 Å². The van der Waals surface area contributed by atoms with Crippen LogP contribution >= 0.6 is 11.6 Å². The van der Waals surface area contributed by atoms with Crippen LogP contribution in [-0.2, 0) is 0 Å². The molecule has 29 heavy (non-hydrogen) atoms. The Morgan fingerprint density at radius 2 is 1.79 bits per heavy atom. The highest BCUT2D eigenvalue weighted by molar-refractivity contribution is 6.30. The topological polar surface area (TPSA) is 90.5 Å². The molecule has 9 heteroatoms. The molecule has 0 fully saturated rings. The second kappa shape index (κ2) is 7.84. The quantitative estimate of drug-likeness (QED) is 0.545. The van der Waals surface area contributed by atoms with E-state index in [-0.39, 0.29) is 11.9 Å². The predicted molar refractivity (Wildman–Crippen MR) is 109 cm³/mol. The maximum Gasteiger partial charge on any atom is 0.296 e. The molecule has 0 aliphatic rings. The van der Waals surface area contributed by atoms with Crippen molar-refractivity contribution in [2.24, 2.45) is 0 Å². The number of nitrogens with zero attached hydrogens (tertiary/aromatic N) is 6. The number of hydrogen-bond acceptors (Lipinski definition) is 5. The standard InChI is InChI=1S/C20H18ClN7O/c1-13(15-7-10-22-11-8-15)27-18(9-12-23-27)25-20(29)19-24-14(2)28(26-19)17-5-3-16(21)4-6-17/h3-13H,1-2H3,(H,25,29). The van der Waals surface area contributed by atoms with Crippen LogP contribution in [0.15, 0.2) is 61.1 Å². The molecular weight excluding hydrogens is 390 g/mol. The first-order chi connectivity index (χ1) is 14.0. The number of pyridine rings is 1. The number of hydrogen-bond donors (Lipinski definition) is 1. The van der Waals surface area contributed by atoms with Crippen LogP contribution in [0.4, 0.5) is 5.82 Å². The SMILES string of the molecule is Cc1nc(C(=O)Nc2ccnn2C(C)c2ccncc2)nn1-c1ccc(Cl)cc1. The molecule has 1 N–H and O–H groups in total. The van der Waals surface area contributed by atoms with Crippen molar-refractivity contribution in [3.8, 4) is 5.69 Å². The first-order valence-electron chi connectivity index (χ1n) is 8.97. The van der Waals surface area contributed by atoms with Gasteiger partial charge >= 0.3 is 0 Å². The Kier molecular flexibility index (Phi) is 5.09. The van der Waals surface area contributed by atoms with Gasteiger partial charge in [0.2, 0.25) is 5.82 Å². The molecule has 3 aromatic heterocycles. The first-order valence-corrected chi connectivity index (χ1v) is 9.35.